The predicted octanol–water partition coefficient (Wildman–Crippen LogP) is 4.66. The summed E-state index contributed by atoms with van der Waals surface area (Å²) in [6, 6.07) is 7.26. The first-order valence-electron chi connectivity index (χ1n) is 9.06. The van der Waals surface area contributed by atoms with Gasteiger partial charge in [-0.2, -0.15) is 5.26 Å². The third kappa shape index (κ3) is 6.06. The minimum atomic E-state index is -0.899. The first kappa shape index (κ1) is 21.0. The normalized spacial score (nSPS) is 14.2. The van der Waals surface area contributed by atoms with Crippen LogP contribution in [0.1, 0.15) is 65.9 Å². The molecule has 5 heteroatoms. The molecular formula is C20H30N2O3. The van der Waals surface area contributed by atoms with Crippen molar-refractivity contribution in [1.29, 1.82) is 5.26 Å². The van der Waals surface area contributed by atoms with Crippen LogP contribution in [0.2, 0.25) is 0 Å². The Balaban J connectivity index is 2.96. The summed E-state index contributed by atoms with van der Waals surface area (Å²) < 4.78 is 11.4. The number of benzene rings is 1. The Morgan fingerprint density at radius 1 is 1.36 bits per heavy atom. The molecule has 0 bridgehead atoms. The van der Waals surface area contributed by atoms with E-state index < -0.39 is 5.60 Å². The minimum Gasteiger partial charge on any atom is -0.491 e. The molecule has 0 saturated carbocycles. The zero-order valence-corrected chi connectivity index (χ0v) is 16.0. The van der Waals surface area contributed by atoms with E-state index in [0.29, 0.717) is 30.0 Å². The summed E-state index contributed by atoms with van der Waals surface area (Å²) >= 11 is 0. The number of carbonyl (C=O) groups excluding carboxylic acids is 1. The number of hydrogen-bond acceptors (Lipinski definition) is 4. The van der Waals surface area contributed by atoms with Crippen molar-refractivity contribution in [2.24, 2.45) is 0 Å². The molecule has 0 aliphatic heterocycles. The van der Waals surface area contributed by atoms with Crippen molar-refractivity contribution in [2.45, 2.75) is 72.0 Å². The van der Waals surface area contributed by atoms with E-state index in [2.05, 4.69) is 18.3 Å². The van der Waals surface area contributed by atoms with E-state index >= 15 is 0 Å². The summed E-state index contributed by atoms with van der Waals surface area (Å²) in [5.74, 6) is 0.400. The molecule has 5 nitrogen and oxygen atoms in total. The lowest BCUT2D eigenvalue weighted by Crippen LogP contribution is -2.43. The number of carbonyl (C=O) groups is 1. The molecule has 1 rings (SSSR count). The van der Waals surface area contributed by atoms with Crippen molar-refractivity contribution >= 4 is 11.6 Å². The molecule has 1 amide bonds. The smallest absolute Gasteiger partial charge is 0.256 e. The molecule has 2 atom stereocenters. The number of ether oxygens (including phenoxy) is 2. The van der Waals surface area contributed by atoms with Crippen LogP contribution in [0.25, 0.3) is 0 Å². The number of rotatable bonds is 10. The van der Waals surface area contributed by atoms with Crippen LogP contribution in [0.15, 0.2) is 18.2 Å². The number of unbranched alkanes of at least 4 members (excludes halogenated alkanes) is 1. The lowest BCUT2D eigenvalue weighted by molar-refractivity contribution is -0.139. The Hall–Kier alpha value is -2.06. The molecule has 1 aromatic rings. The molecule has 138 valence electrons. The Morgan fingerprint density at radius 3 is 2.64 bits per heavy atom. The van der Waals surface area contributed by atoms with Crippen LogP contribution in [0, 0.1) is 11.3 Å². The quantitative estimate of drug-likeness (QED) is 0.669. The van der Waals surface area contributed by atoms with Crippen LogP contribution in [-0.4, -0.2) is 24.2 Å². The fraction of sp³-hybridized carbons (Fsp3) is 0.600. The zero-order chi connectivity index (χ0) is 18.9. The molecule has 1 aromatic carbocycles. The predicted molar refractivity (Wildman–Crippen MR) is 99.7 cm³/mol. The van der Waals surface area contributed by atoms with Gasteiger partial charge in [0.15, 0.2) is 0 Å². The molecule has 0 aromatic heterocycles. The van der Waals surface area contributed by atoms with Crippen molar-refractivity contribution < 1.29 is 14.3 Å². The Bertz CT molecular complexity index is 609. The van der Waals surface area contributed by atoms with Crippen molar-refractivity contribution in [3.05, 3.63) is 23.8 Å². The first-order chi connectivity index (χ1) is 11.9. The standard InChI is InChI=1S/C20H30N2O3/c1-6-9-12-20(5,24-8-3)19(23)22-18-11-10-17(13-16(18)14-21)25-15(4)7-2/h10-11,13,15H,6-9,12H2,1-5H3,(H,22,23)/t15-,20-/m0/s1. The van der Waals surface area contributed by atoms with E-state index in [1.807, 2.05) is 20.8 Å². The summed E-state index contributed by atoms with van der Waals surface area (Å²) in [7, 11) is 0. The van der Waals surface area contributed by atoms with E-state index in [9.17, 15) is 10.1 Å². The van der Waals surface area contributed by atoms with Crippen molar-refractivity contribution in [3.63, 3.8) is 0 Å². The van der Waals surface area contributed by atoms with Crippen LogP contribution in [0.5, 0.6) is 5.75 Å². The molecule has 0 unspecified atom stereocenters. The van der Waals surface area contributed by atoms with Crippen LogP contribution in [-0.2, 0) is 9.53 Å². The summed E-state index contributed by atoms with van der Waals surface area (Å²) in [4.78, 5) is 12.7. The number of hydrogen-bond donors (Lipinski definition) is 1. The highest BCUT2D eigenvalue weighted by atomic mass is 16.5. The van der Waals surface area contributed by atoms with E-state index in [4.69, 9.17) is 9.47 Å². The molecule has 1 N–H and O–H groups in total. The maximum Gasteiger partial charge on any atom is 0.256 e. The second-order valence-corrected chi connectivity index (χ2v) is 6.38. The van der Waals surface area contributed by atoms with Crippen molar-refractivity contribution in [3.8, 4) is 11.8 Å². The molecule has 0 spiro atoms. The fourth-order valence-corrected chi connectivity index (χ4v) is 2.45. The van der Waals surface area contributed by atoms with E-state index in [0.717, 1.165) is 19.3 Å². The van der Waals surface area contributed by atoms with Gasteiger partial charge in [0, 0.05) is 12.7 Å². The topological polar surface area (TPSA) is 71.3 Å². The first-order valence-corrected chi connectivity index (χ1v) is 9.06. The largest absolute Gasteiger partial charge is 0.491 e. The highest BCUT2D eigenvalue weighted by Gasteiger charge is 2.33. The zero-order valence-electron chi connectivity index (χ0n) is 16.0. The summed E-state index contributed by atoms with van der Waals surface area (Å²) in [5.41, 5.74) is -0.0430. The molecular weight excluding hydrogens is 316 g/mol. The molecule has 0 fully saturated rings. The SMILES string of the molecule is CCCC[C@](C)(OCC)C(=O)Nc1ccc(O[C@@H](C)CC)cc1C#N. The Morgan fingerprint density at radius 2 is 2.08 bits per heavy atom. The molecule has 0 saturated heterocycles. The second-order valence-electron chi connectivity index (χ2n) is 6.38. The maximum absolute atomic E-state index is 12.7. The monoisotopic (exact) mass is 346 g/mol. The third-order valence-corrected chi connectivity index (χ3v) is 4.22. The molecule has 0 aliphatic rings. The minimum absolute atomic E-state index is 0.0715. The van der Waals surface area contributed by atoms with Crippen LogP contribution in [0.3, 0.4) is 0 Å². The highest BCUT2D eigenvalue weighted by molar-refractivity contribution is 5.98. The summed E-state index contributed by atoms with van der Waals surface area (Å²) in [6.45, 7) is 10.2. The van der Waals surface area contributed by atoms with Gasteiger partial charge in [-0.15, -0.1) is 0 Å². The van der Waals surface area contributed by atoms with Gasteiger partial charge in [0.1, 0.15) is 17.4 Å². The van der Waals surface area contributed by atoms with Crippen LogP contribution >= 0.6 is 0 Å². The second kappa shape index (κ2) is 10.0. The molecule has 0 heterocycles. The third-order valence-electron chi connectivity index (χ3n) is 4.22. The van der Waals surface area contributed by atoms with E-state index in [-0.39, 0.29) is 12.0 Å². The van der Waals surface area contributed by atoms with Gasteiger partial charge in [0.2, 0.25) is 0 Å². The summed E-state index contributed by atoms with van der Waals surface area (Å²) in [6.07, 6.45) is 3.48. The van der Waals surface area contributed by atoms with Crippen LogP contribution < -0.4 is 10.1 Å². The van der Waals surface area contributed by atoms with Gasteiger partial charge >= 0.3 is 0 Å². The van der Waals surface area contributed by atoms with Crippen molar-refractivity contribution in [1.82, 2.24) is 0 Å². The Kier molecular flexibility index (Phi) is 8.44. The van der Waals surface area contributed by atoms with Gasteiger partial charge in [0.05, 0.1) is 17.4 Å². The van der Waals surface area contributed by atoms with Crippen LogP contribution in [0.4, 0.5) is 5.69 Å². The number of amides is 1. The average molecular weight is 346 g/mol. The van der Waals surface area contributed by atoms with E-state index in [1.165, 1.54) is 0 Å². The van der Waals surface area contributed by atoms with Gasteiger partial charge in [-0.3, -0.25) is 4.79 Å². The highest BCUT2D eigenvalue weighted by Crippen LogP contribution is 2.26. The Labute approximate surface area is 151 Å². The molecule has 25 heavy (non-hydrogen) atoms. The van der Waals surface area contributed by atoms with Crippen molar-refractivity contribution in [2.75, 3.05) is 11.9 Å². The van der Waals surface area contributed by atoms with E-state index in [1.54, 1.807) is 25.1 Å². The summed E-state index contributed by atoms with van der Waals surface area (Å²) in [5, 5.41) is 12.3. The van der Waals surface area contributed by atoms with Gasteiger partial charge in [-0.25, -0.2) is 0 Å². The number of nitrogens with one attached hydrogen (secondary N) is 1. The van der Waals surface area contributed by atoms with Gasteiger partial charge in [-0.1, -0.05) is 26.7 Å². The van der Waals surface area contributed by atoms with Gasteiger partial charge in [-0.05, 0) is 45.7 Å². The van der Waals surface area contributed by atoms with Gasteiger partial charge in [0.25, 0.3) is 5.91 Å². The average Bonchev–Trinajstić information content (AvgIpc) is 2.61. The number of nitriles is 1. The molecule has 0 aliphatic carbocycles. The lowest BCUT2D eigenvalue weighted by Gasteiger charge is -2.28. The number of nitrogens with zero attached hydrogens (tertiary/aromatic N) is 1. The number of anilines is 1. The van der Waals surface area contributed by atoms with Gasteiger partial charge < -0.3 is 14.8 Å². The fourth-order valence-electron chi connectivity index (χ4n) is 2.45. The lowest BCUT2D eigenvalue weighted by atomic mass is 9.97. The maximum atomic E-state index is 12.7. The molecule has 0 radical (unpaired) electrons.